The molecule has 1 saturated carbocycles. The molecule has 2 heterocycles. The van der Waals surface area contributed by atoms with Crippen molar-refractivity contribution in [2.24, 2.45) is 11.8 Å². The van der Waals surface area contributed by atoms with Gasteiger partial charge in [0.25, 0.3) is 0 Å². The molecular weight excluding hydrogens is 238 g/mol. The summed E-state index contributed by atoms with van der Waals surface area (Å²) < 4.78 is 0. The maximum atomic E-state index is 5.54. The van der Waals surface area contributed by atoms with Crippen molar-refractivity contribution in [1.29, 1.82) is 0 Å². The van der Waals surface area contributed by atoms with Crippen molar-refractivity contribution in [3.05, 3.63) is 11.9 Å². The number of hydrazine groups is 1. The van der Waals surface area contributed by atoms with Crippen LogP contribution in [-0.2, 0) is 0 Å². The molecule has 2 aliphatic rings. The molecule has 0 amide bonds. The SMILES string of the molecule is CC1CCC(C)N(c2cc(NN)nc(C3CC3)n2)C1. The Kier molecular flexibility index (Phi) is 3.31. The van der Waals surface area contributed by atoms with E-state index in [1.807, 2.05) is 6.07 Å². The van der Waals surface area contributed by atoms with Gasteiger partial charge in [-0.2, -0.15) is 0 Å². The van der Waals surface area contributed by atoms with E-state index in [-0.39, 0.29) is 0 Å². The van der Waals surface area contributed by atoms with Crippen LogP contribution < -0.4 is 16.2 Å². The van der Waals surface area contributed by atoms with Crippen molar-refractivity contribution in [3.63, 3.8) is 0 Å². The third-order valence-electron chi connectivity index (χ3n) is 4.23. The number of aromatic nitrogens is 2. The number of hydrogen-bond acceptors (Lipinski definition) is 5. The monoisotopic (exact) mass is 261 g/mol. The molecule has 1 aliphatic heterocycles. The minimum absolute atomic E-state index is 0.545. The first-order valence-electron chi connectivity index (χ1n) is 7.29. The summed E-state index contributed by atoms with van der Waals surface area (Å²) in [4.78, 5) is 11.7. The van der Waals surface area contributed by atoms with Crippen LogP contribution in [0, 0.1) is 5.92 Å². The molecule has 0 aromatic carbocycles. The normalized spacial score (nSPS) is 27.4. The molecule has 3 N–H and O–H groups in total. The number of rotatable bonds is 3. The van der Waals surface area contributed by atoms with E-state index in [0.717, 1.165) is 29.9 Å². The zero-order valence-corrected chi connectivity index (χ0v) is 11.8. The van der Waals surface area contributed by atoms with E-state index in [9.17, 15) is 0 Å². The fourth-order valence-corrected chi connectivity index (χ4v) is 2.81. The van der Waals surface area contributed by atoms with E-state index >= 15 is 0 Å². The Bertz CT molecular complexity index is 457. The van der Waals surface area contributed by atoms with Gasteiger partial charge in [-0.25, -0.2) is 15.8 Å². The third-order valence-corrected chi connectivity index (χ3v) is 4.23. The lowest BCUT2D eigenvalue weighted by Crippen LogP contribution is -2.41. The summed E-state index contributed by atoms with van der Waals surface area (Å²) in [5.41, 5.74) is 2.68. The Morgan fingerprint density at radius 2 is 2.00 bits per heavy atom. The van der Waals surface area contributed by atoms with Crippen LogP contribution in [0.3, 0.4) is 0 Å². The van der Waals surface area contributed by atoms with Gasteiger partial charge in [-0.15, -0.1) is 0 Å². The molecule has 19 heavy (non-hydrogen) atoms. The first-order chi connectivity index (χ1) is 9.17. The number of nitrogens with two attached hydrogens (primary N) is 1. The lowest BCUT2D eigenvalue weighted by Gasteiger charge is -2.37. The largest absolute Gasteiger partial charge is 0.353 e. The van der Waals surface area contributed by atoms with E-state index < -0.39 is 0 Å². The summed E-state index contributed by atoms with van der Waals surface area (Å²) in [6.45, 7) is 5.66. The second-order valence-corrected chi connectivity index (χ2v) is 6.07. The summed E-state index contributed by atoms with van der Waals surface area (Å²) in [6.07, 6.45) is 4.95. The van der Waals surface area contributed by atoms with Gasteiger partial charge >= 0.3 is 0 Å². The van der Waals surface area contributed by atoms with Gasteiger partial charge in [0.05, 0.1) is 0 Å². The van der Waals surface area contributed by atoms with Gasteiger partial charge in [-0.05, 0) is 38.5 Å². The van der Waals surface area contributed by atoms with Crippen molar-refractivity contribution in [3.8, 4) is 0 Å². The van der Waals surface area contributed by atoms with Crippen LogP contribution in [0.2, 0.25) is 0 Å². The number of hydrogen-bond donors (Lipinski definition) is 2. The highest BCUT2D eigenvalue weighted by atomic mass is 15.3. The van der Waals surface area contributed by atoms with Gasteiger partial charge in [-0.1, -0.05) is 6.92 Å². The summed E-state index contributed by atoms with van der Waals surface area (Å²) in [5.74, 6) is 9.53. The van der Waals surface area contributed by atoms with Crippen LogP contribution in [0.5, 0.6) is 0 Å². The van der Waals surface area contributed by atoms with Crippen LogP contribution in [0.1, 0.15) is 51.3 Å². The van der Waals surface area contributed by atoms with Crippen LogP contribution in [0.25, 0.3) is 0 Å². The van der Waals surface area contributed by atoms with Crippen LogP contribution in [-0.4, -0.2) is 22.6 Å². The zero-order chi connectivity index (χ0) is 13.4. The van der Waals surface area contributed by atoms with E-state index in [1.165, 1.54) is 25.7 Å². The zero-order valence-electron chi connectivity index (χ0n) is 11.8. The van der Waals surface area contributed by atoms with Crippen molar-refractivity contribution in [1.82, 2.24) is 9.97 Å². The van der Waals surface area contributed by atoms with Gasteiger partial charge in [0.1, 0.15) is 17.5 Å². The number of nitrogens with zero attached hydrogens (tertiary/aromatic N) is 3. The maximum absolute atomic E-state index is 5.54. The van der Waals surface area contributed by atoms with E-state index in [1.54, 1.807) is 0 Å². The van der Waals surface area contributed by atoms with Crippen LogP contribution in [0.15, 0.2) is 6.07 Å². The molecule has 1 saturated heterocycles. The van der Waals surface area contributed by atoms with E-state index in [4.69, 9.17) is 10.8 Å². The minimum atomic E-state index is 0.545. The fourth-order valence-electron chi connectivity index (χ4n) is 2.81. The predicted molar refractivity (Wildman–Crippen MR) is 77.0 cm³/mol. The Balaban J connectivity index is 1.91. The molecule has 2 fully saturated rings. The number of anilines is 2. The average Bonchev–Trinajstić information content (AvgIpc) is 3.25. The van der Waals surface area contributed by atoms with Crippen molar-refractivity contribution in [2.45, 2.75) is 51.5 Å². The molecule has 5 nitrogen and oxygen atoms in total. The van der Waals surface area contributed by atoms with Gasteiger partial charge in [-0.3, -0.25) is 0 Å². The standard InChI is InChI=1S/C14H23N5/c1-9-3-4-10(2)19(8-9)13-7-12(18-15)16-14(17-13)11-5-6-11/h7,9-11H,3-6,8,15H2,1-2H3,(H,16,17,18). The predicted octanol–water partition coefficient (Wildman–Crippen LogP) is 2.26. The summed E-state index contributed by atoms with van der Waals surface area (Å²) in [7, 11) is 0. The molecule has 2 unspecified atom stereocenters. The van der Waals surface area contributed by atoms with Gasteiger partial charge in [0, 0.05) is 24.6 Å². The molecular formula is C14H23N5. The fraction of sp³-hybridized carbons (Fsp3) is 0.714. The van der Waals surface area contributed by atoms with Crippen LogP contribution >= 0.6 is 0 Å². The lowest BCUT2D eigenvalue weighted by molar-refractivity contribution is 0.388. The third kappa shape index (κ3) is 2.66. The second-order valence-electron chi connectivity index (χ2n) is 6.07. The topological polar surface area (TPSA) is 67.1 Å². The smallest absolute Gasteiger partial charge is 0.145 e. The molecule has 104 valence electrons. The minimum Gasteiger partial charge on any atom is -0.353 e. The molecule has 5 heteroatoms. The van der Waals surface area contributed by atoms with Gasteiger partial charge in [0.15, 0.2) is 0 Å². The molecule has 2 atom stereocenters. The Morgan fingerprint density at radius 3 is 2.68 bits per heavy atom. The number of nitrogen functional groups attached to an aromatic ring is 1. The van der Waals surface area contributed by atoms with Crippen molar-refractivity contribution in [2.75, 3.05) is 16.9 Å². The average molecular weight is 261 g/mol. The highest BCUT2D eigenvalue weighted by Gasteiger charge is 2.29. The Labute approximate surface area is 114 Å². The van der Waals surface area contributed by atoms with E-state index in [0.29, 0.717) is 12.0 Å². The summed E-state index contributed by atoms with van der Waals surface area (Å²) >= 11 is 0. The van der Waals surface area contributed by atoms with E-state index in [2.05, 4.69) is 29.2 Å². The molecule has 1 aromatic rings. The first kappa shape index (κ1) is 12.7. The molecule has 3 rings (SSSR count). The van der Waals surface area contributed by atoms with Gasteiger partial charge in [0.2, 0.25) is 0 Å². The lowest BCUT2D eigenvalue weighted by atomic mass is 9.95. The Hall–Kier alpha value is -1.36. The van der Waals surface area contributed by atoms with Crippen molar-refractivity contribution < 1.29 is 0 Å². The molecule has 0 spiro atoms. The highest BCUT2D eigenvalue weighted by molar-refractivity contribution is 5.50. The number of piperidine rings is 1. The first-order valence-corrected chi connectivity index (χ1v) is 7.29. The molecule has 1 aliphatic carbocycles. The van der Waals surface area contributed by atoms with Crippen LogP contribution in [0.4, 0.5) is 11.6 Å². The summed E-state index contributed by atoms with van der Waals surface area (Å²) in [5, 5.41) is 0. The second kappa shape index (κ2) is 4.96. The maximum Gasteiger partial charge on any atom is 0.145 e. The quantitative estimate of drug-likeness (QED) is 0.645. The molecule has 0 bridgehead atoms. The Morgan fingerprint density at radius 1 is 1.21 bits per heavy atom. The number of nitrogens with one attached hydrogen (secondary N) is 1. The molecule has 0 radical (unpaired) electrons. The molecule has 1 aromatic heterocycles. The van der Waals surface area contributed by atoms with Crippen molar-refractivity contribution >= 4 is 11.6 Å². The van der Waals surface area contributed by atoms with Gasteiger partial charge < -0.3 is 10.3 Å². The highest BCUT2D eigenvalue weighted by Crippen LogP contribution is 2.39. The summed E-state index contributed by atoms with van der Waals surface area (Å²) in [6, 6.07) is 2.52.